The normalized spacial score (nSPS) is 19.3. The molecule has 0 bridgehead atoms. The summed E-state index contributed by atoms with van der Waals surface area (Å²) in [6.45, 7) is 4.51. The number of hydrogen-bond acceptors (Lipinski definition) is 2. The molecule has 1 aromatic carbocycles. The maximum atomic E-state index is 6.25. The number of benzene rings is 1. The zero-order chi connectivity index (χ0) is 13.0. The van der Waals surface area contributed by atoms with Crippen molar-refractivity contribution in [3.05, 3.63) is 35.4 Å². The van der Waals surface area contributed by atoms with Gasteiger partial charge in [-0.1, -0.05) is 44.5 Å². The Kier molecular flexibility index (Phi) is 5.13. The van der Waals surface area contributed by atoms with Crippen molar-refractivity contribution < 1.29 is 0 Å². The van der Waals surface area contributed by atoms with E-state index in [2.05, 4.69) is 38.1 Å². The van der Waals surface area contributed by atoms with Crippen LogP contribution in [0.4, 0.5) is 0 Å². The van der Waals surface area contributed by atoms with E-state index in [4.69, 9.17) is 5.73 Å². The molecule has 1 aliphatic rings. The molecule has 2 rings (SSSR count). The van der Waals surface area contributed by atoms with Crippen LogP contribution < -0.4 is 5.73 Å². The third-order valence-electron chi connectivity index (χ3n) is 4.08. The molecule has 1 saturated carbocycles. The van der Waals surface area contributed by atoms with Crippen LogP contribution >= 0.6 is 11.8 Å². The summed E-state index contributed by atoms with van der Waals surface area (Å²) in [6, 6.07) is 9.21. The molecule has 2 heteroatoms. The van der Waals surface area contributed by atoms with Crippen LogP contribution in [-0.4, -0.2) is 11.0 Å². The van der Waals surface area contributed by atoms with Gasteiger partial charge in [-0.3, -0.25) is 0 Å². The third kappa shape index (κ3) is 3.52. The highest BCUT2D eigenvalue weighted by atomic mass is 32.2. The maximum Gasteiger partial charge on any atom is 0.0386 e. The fraction of sp³-hybridized carbons (Fsp3) is 0.625. The van der Waals surface area contributed by atoms with Gasteiger partial charge in [-0.2, -0.15) is 11.8 Å². The Balaban J connectivity index is 1.87. The number of hydrogen-bond donors (Lipinski definition) is 1. The van der Waals surface area contributed by atoms with Crippen molar-refractivity contribution in [1.82, 2.24) is 0 Å². The first kappa shape index (κ1) is 14.0. The quantitative estimate of drug-likeness (QED) is 0.818. The first-order chi connectivity index (χ1) is 8.70. The lowest BCUT2D eigenvalue weighted by molar-refractivity contribution is 0.419. The van der Waals surface area contributed by atoms with Crippen LogP contribution in [-0.2, 0) is 0 Å². The van der Waals surface area contributed by atoms with Gasteiger partial charge in [0.2, 0.25) is 0 Å². The average Bonchev–Trinajstić information content (AvgIpc) is 2.34. The molecule has 1 nitrogen and oxygen atoms in total. The van der Waals surface area contributed by atoms with Crippen LogP contribution in [0.5, 0.6) is 0 Å². The van der Waals surface area contributed by atoms with Crippen molar-refractivity contribution in [2.75, 3.05) is 5.75 Å². The average molecular weight is 263 g/mol. The maximum absolute atomic E-state index is 6.25. The summed E-state index contributed by atoms with van der Waals surface area (Å²) < 4.78 is 0. The van der Waals surface area contributed by atoms with Gasteiger partial charge in [0.1, 0.15) is 0 Å². The van der Waals surface area contributed by atoms with Crippen molar-refractivity contribution in [3.63, 3.8) is 0 Å². The second-order valence-corrected chi connectivity index (χ2v) is 6.92. The first-order valence-corrected chi connectivity index (χ1v) is 8.22. The van der Waals surface area contributed by atoms with E-state index in [0.29, 0.717) is 5.25 Å². The number of thioether (sulfide) groups is 1. The van der Waals surface area contributed by atoms with Crippen LogP contribution in [0.3, 0.4) is 0 Å². The highest BCUT2D eigenvalue weighted by molar-refractivity contribution is 7.99. The lowest BCUT2D eigenvalue weighted by atomic mass is 9.80. The summed E-state index contributed by atoms with van der Waals surface area (Å²) in [5.74, 6) is 1.85. The van der Waals surface area contributed by atoms with E-state index < -0.39 is 0 Å². The SMILES string of the molecule is CCC(C)SCC(N)c1ccc(C2CCC2)cc1. The van der Waals surface area contributed by atoms with Gasteiger partial charge in [-0.05, 0) is 36.3 Å². The van der Waals surface area contributed by atoms with E-state index in [-0.39, 0.29) is 6.04 Å². The molecule has 2 atom stereocenters. The third-order valence-corrected chi connectivity index (χ3v) is 5.53. The van der Waals surface area contributed by atoms with E-state index in [0.717, 1.165) is 11.7 Å². The van der Waals surface area contributed by atoms with E-state index >= 15 is 0 Å². The summed E-state index contributed by atoms with van der Waals surface area (Å²) in [5.41, 5.74) is 9.04. The standard InChI is InChI=1S/C16H25NS/c1-3-12(2)18-11-16(17)15-9-7-14(8-10-15)13-5-4-6-13/h7-10,12-13,16H,3-6,11,17H2,1-2H3. The van der Waals surface area contributed by atoms with E-state index in [1.165, 1.54) is 36.8 Å². The predicted octanol–water partition coefficient (Wildman–Crippen LogP) is 4.49. The molecule has 0 spiro atoms. The van der Waals surface area contributed by atoms with Gasteiger partial charge in [-0.25, -0.2) is 0 Å². The summed E-state index contributed by atoms with van der Waals surface area (Å²) >= 11 is 1.98. The summed E-state index contributed by atoms with van der Waals surface area (Å²) in [6.07, 6.45) is 5.36. The molecule has 18 heavy (non-hydrogen) atoms. The molecule has 0 aromatic heterocycles. The summed E-state index contributed by atoms with van der Waals surface area (Å²) in [4.78, 5) is 0. The minimum atomic E-state index is 0.180. The van der Waals surface area contributed by atoms with Gasteiger partial charge in [0, 0.05) is 17.0 Å². The highest BCUT2D eigenvalue weighted by Crippen LogP contribution is 2.36. The predicted molar refractivity (Wildman–Crippen MR) is 82.2 cm³/mol. The molecule has 0 heterocycles. The topological polar surface area (TPSA) is 26.0 Å². The molecule has 2 unspecified atom stereocenters. The van der Waals surface area contributed by atoms with Gasteiger partial charge in [0.25, 0.3) is 0 Å². The Morgan fingerprint density at radius 2 is 1.94 bits per heavy atom. The van der Waals surface area contributed by atoms with Gasteiger partial charge >= 0.3 is 0 Å². The monoisotopic (exact) mass is 263 g/mol. The fourth-order valence-electron chi connectivity index (χ4n) is 2.24. The van der Waals surface area contributed by atoms with Crippen LogP contribution in [0.15, 0.2) is 24.3 Å². The molecule has 0 saturated heterocycles. The molecular weight excluding hydrogens is 238 g/mol. The Morgan fingerprint density at radius 3 is 2.44 bits per heavy atom. The minimum Gasteiger partial charge on any atom is -0.323 e. The van der Waals surface area contributed by atoms with Crippen LogP contribution in [0, 0.1) is 0 Å². The smallest absolute Gasteiger partial charge is 0.0386 e. The van der Waals surface area contributed by atoms with Crippen molar-refractivity contribution in [3.8, 4) is 0 Å². The van der Waals surface area contributed by atoms with Gasteiger partial charge in [-0.15, -0.1) is 0 Å². The van der Waals surface area contributed by atoms with Gasteiger partial charge < -0.3 is 5.73 Å². The largest absolute Gasteiger partial charge is 0.323 e. The van der Waals surface area contributed by atoms with Crippen molar-refractivity contribution in [1.29, 1.82) is 0 Å². The van der Waals surface area contributed by atoms with Crippen LogP contribution in [0.25, 0.3) is 0 Å². The van der Waals surface area contributed by atoms with Gasteiger partial charge in [0.05, 0.1) is 0 Å². The second kappa shape index (κ2) is 6.63. The van der Waals surface area contributed by atoms with Crippen molar-refractivity contribution in [2.24, 2.45) is 5.73 Å². The Labute approximate surface area is 116 Å². The second-order valence-electron chi connectivity index (χ2n) is 5.45. The lowest BCUT2D eigenvalue weighted by Crippen LogP contribution is -2.15. The van der Waals surface area contributed by atoms with Crippen LogP contribution in [0.1, 0.15) is 62.6 Å². The molecular formula is C16H25NS. The fourth-order valence-corrected chi connectivity index (χ4v) is 3.20. The highest BCUT2D eigenvalue weighted by Gasteiger charge is 2.19. The molecule has 0 radical (unpaired) electrons. The molecule has 0 aliphatic heterocycles. The lowest BCUT2D eigenvalue weighted by Gasteiger charge is -2.26. The Morgan fingerprint density at radius 1 is 1.28 bits per heavy atom. The molecule has 2 N–H and O–H groups in total. The van der Waals surface area contributed by atoms with Crippen molar-refractivity contribution >= 4 is 11.8 Å². The summed E-state index contributed by atoms with van der Waals surface area (Å²) in [7, 11) is 0. The first-order valence-electron chi connectivity index (χ1n) is 7.17. The van der Waals surface area contributed by atoms with E-state index in [9.17, 15) is 0 Å². The Hall–Kier alpha value is -0.470. The number of nitrogens with two attached hydrogens (primary N) is 1. The zero-order valence-corrected chi connectivity index (χ0v) is 12.4. The van der Waals surface area contributed by atoms with Gasteiger partial charge in [0.15, 0.2) is 0 Å². The number of rotatable bonds is 6. The minimum absolute atomic E-state index is 0.180. The molecule has 1 aliphatic carbocycles. The zero-order valence-electron chi connectivity index (χ0n) is 11.6. The molecule has 0 amide bonds. The molecule has 1 fully saturated rings. The molecule has 100 valence electrons. The molecule has 1 aromatic rings. The Bertz CT molecular complexity index is 356. The van der Waals surface area contributed by atoms with Crippen LogP contribution in [0.2, 0.25) is 0 Å². The summed E-state index contributed by atoms with van der Waals surface area (Å²) in [5, 5.41) is 0.713. The van der Waals surface area contributed by atoms with E-state index in [1.807, 2.05) is 11.8 Å². The van der Waals surface area contributed by atoms with E-state index in [1.54, 1.807) is 0 Å². The van der Waals surface area contributed by atoms with Crippen molar-refractivity contribution in [2.45, 2.75) is 56.7 Å².